The number of fused-ring (bicyclic) bond motifs is 1. The van der Waals surface area contributed by atoms with Gasteiger partial charge in [-0.25, -0.2) is 9.59 Å². The zero-order valence-corrected chi connectivity index (χ0v) is 22.9. The van der Waals surface area contributed by atoms with Crippen molar-refractivity contribution in [1.29, 1.82) is 0 Å². The van der Waals surface area contributed by atoms with Crippen LogP contribution in [-0.2, 0) is 19.5 Å². The molecule has 204 valence electrons. The quantitative estimate of drug-likeness (QED) is 0.268. The van der Waals surface area contributed by atoms with E-state index in [1.807, 2.05) is 84.9 Å². The van der Waals surface area contributed by atoms with Gasteiger partial charge < -0.3 is 0 Å². The molecular formula is C32H26N4O4S. The highest BCUT2D eigenvalue weighted by Gasteiger charge is 2.27. The molecule has 1 fully saturated rings. The first-order valence-corrected chi connectivity index (χ1v) is 14.4. The van der Waals surface area contributed by atoms with Crippen LogP contribution in [0.4, 0.5) is 0 Å². The van der Waals surface area contributed by atoms with Gasteiger partial charge in [0.05, 0.1) is 11.9 Å². The molecule has 0 amide bonds. The Labute approximate surface area is 238 Å². The number of nitrogens with one attached hydrogen (secondary N) is 1. The Morgan fingerprint density at radius 1 is 0.854 bits per heavy atom. The normalized spacial score (nSPS) is 13.2. The van der Waals surface area contributed by atoms with E-state index < -0.39 is 5.76 Å². The van der Waals surface area contributed by atoms with Crippen LogP contribution in [0.15, 0.2) is 104 Å². The van der Waals surface area contributed by atoms with E-state index in [1.54, 1.807) is 15.9 Å². The maximum absolute atomic E-state index is 13.8. The number of aromatic nitrogens is 4. The molecule has 3 aromatic heterocycles. The smallest absolute Gasteiger partial charge is 0.296 e. The predicted molar refractivity (Wildman–Crippen MR) is 160 cm³/mol. The molecule has 9 heteroatoms. The van der Waals surface area contributed by atoms with Gasteiger partial charge >= 0.3 is 11.4 Å². The van der Waals surface area contributed by atoms with Crippen LogP contribution in [0.25, 0.3) is 32.7 Å². The zero-order valence-electron chi connectivity index (χ0n) is 22.1. The molecule has 7 rings (SSSR count). The van der Waals surface area contributed by atoms with Crippen molar-refractivity contribution in [3.8, 4) is 22.5 Å². The summed E-state index contributed by atoms with van der Waals surface area (Å²) in [7, 11) is 0. The number of hydrogen-bond donors (Lipinski definition) is 1. The first-order chi connectivity index (χ1) is 20.0. The summed E-state index contributed by atoms with van der Waals surface area (Å²) >= 11 is 1.57. The molecule has 1 aliphatic rings. The lowest BCUT2D eigenvalue weighted by Crippen LogP contribution is -2.40. The third-order valence-electron chi connectivity index (χ3n) is 7.59. The molecule has 1 aliphatic carbocycles. The fraction of sp³-hybridized carbons (Fsp3) is 0.188. The molecule has 6 aromatic rings. The van der Waals surface area contributed by atoms with Crippen molar-refractivity contribution < 1.29 is 4.52 Å². The maximum atomic E-state index is 13.8. The number of nitrogens with zero attached hydrogens (tertiary/aromatic N) is 3. The number of aromatic amines is 1. The molecule has 0 saturated heterocycles. The number of thiophene rings is 1. The highest BCUT2D eigenvalue weighted by molar-refractivity contribution is 7.18. The van der Waals surface area contributed by atoms with E-state index in [2.05, 4.69) is 10.1 Å². The average Bonchev–Trinajstić information content (AvgIpc) is 3.61. The second-order valence-electron chi connectivity index (χ2n) is 10.4. The SMILES string of the molecule is O=c1[nH]c(-c2ccccc2-c2ccc(Cn3c(=O)n(CCc4ccccc4)c(=O)c4cc(C5CC5)sc43)cc2)no1. The molecule has 1 N–H and O–H groups in total. The van der Waals surface area contributed by atoms with E-state index in [1.165, 1.54) is 9.44 Å². The van der Waals surface area contributed by atoms with Gasteiger partial charge in [-0.15, -0.1) is 11.3 Å². The third kappa shape index (κ3) is 4.89. The van der Waals surface area contributed by atoms with Crippen molar-refractivity contribution in [2.75, 3.05) is 0 Å². The van der Waals surface area contributed by atoms with Gasteiger partial charge in [-0.1, -0.05) is 84.0 Å². The van der Waals surface area contributed by atoms with Crippen LogP contribution in [0.3, 0.4) is 0 Å². The van der Waals surface area contributed by atoms with Gasteiger partial charge in [0.2, 0.25) is 0 Å². The van der Waals surface area contributed by atoms with E-state index in [4.69, 9.17) is 4.52 Å². The highest BCUT2D eigenvalue weighted by Crippen LogP contribution is 2.44. The molecule has 0 atom stereocenters. The van der Waals surface area contributed by atoms with Gasteiger partial charge in [0.25, 0.3) is 5.56 Å². The standard InChI is InChI=1S/C32H26N4O4S/c37-29-26-18-27(23-14-15-23)41-30(26)36(32(39)35(29)17-16-20-6-2-1-3-7-20)19-21-10-12-22(13-11-21)24-8-4-5-9-25(24)28-33-31(38)40-34-28/h1-13,18,23H,14-17,19H2,(H,33,34,38). The van der Waals surface area contributed by atoms with Crippen molar-refractivity contribution in [3.05, 3.63) is 132 Å². The predicted octanol–water partition coefficient (Wildman–Crippen LogP) is 5.40. The molecule has 8 nitrogen and oxygen atoms in total. The first kappa shape index (κ1) is 25.2. The van der Waals surface area contributed by atoms with Gasteiger partial charge in [-0.2, -0.15) is 0 Å². The molecule has 41 heavy (non-hydrogen) atoms. The second-order valence-corrected chi connectivity index (χ2v) is 11.5. The minimum absolute atomic E-state index is 0.210. The number of benzene rings is 3. The van der Waals surface area contributed by atoms with Crippen LogP contribution < -0.4 is 17.0 Å². The molecule has 0 unspecified atom stereocenters. The molecule has 3 heterocycles. The molecule has 0 radical (unpaired) electrons. The number of H-pyrrole nitrogens is 1. The number of rotatable bonds is 8. The van der Waals surface area contributed by atoms with Crippen LogP contribution in [0.1, 0.15) is 34.8 Å². The minimum Gasteiger partial charge on any atom is -0.296 e. The lowest BCUT2D eigenvalue weighted by molar-refractivity contribution is 0.388. The summed E-state index contributed by atoms with van der Waals surface area (Å²) in [6.45, 7) is 0.677. The van der Waals surface area contributed by atoms with Gasteiger partial charge in [0.15, 0.2) is 5.82 Å². The molecule has 0 bridgehead atoms. The summed E-state index contributed by atoms with van der Waals surface area (Å²) in [6, 6.07) is 27.5. The van der Waals surface area contributed by atoms with Crippen molar-refractivity contribution in [1.82, 2.24) is 19.3 Å². The third-order valence-corrected chi connectivity index (χ3v) is 8.91. The Morgan fingerprint density at radius 2 is 1.59 bits per heavy atom. The largest absolute Gasteiger partial charge is 0.439 e. The van der Waals surface area contributed by atoms with E-state index in [9.17, 15) is 14.4 Å². The lowest BCUT2D eigenvalue weighted by atomic mass is 9.98. The molecule has 0 aliphatic heterocycles. The molecular weight excluding hydrogens is 536 g/mol. The highest BCUT2D eigenvalue weighted by atomic mass is 32.1. The molecule has 0 spiro atoms. The first-order valence-electron chi connectivity index (χ1n) is 13.6. The Morgan fingerprint density at radius 3 is 2.29 bits per heavy atom. The van der Waals surface area contributed by atoms with Crippen molar-refractivity contribution >= 4 is 21.6 Å². The second kappa shape index (κ2) is 10.3. The Kier molecular flexibility index (Phi) is 6.36. The Bertz CT molecular complexity index is 2040. The maximum Gasteiger partial charge on any atom is 0.439 e. The summed E-state index contributed by atoms with van der Waals surface area (Å²) in [4.78, 5) is 43.4. The summed E-state index contributed by atoms with van der Waals surface area (Å²) < 4.78 is 7.85. The van der Waals surface area contributed by atoms with Crippen molar-refractivity contribution in [3.63, 3.8) is 0 Å². The topological polar surface area (TPSA) is 103 Å². The Hall–Kier alpha value is -4.76. The lowest BCUT2D eigenvalue weighted by Gasteiger charge is -2.13. The van der Waals surface area contributed by atoms with Crippen molar-refractivity contribution in [2.45, 2.75) is 38.3 Å². The van der Waals surface area contributed by atoms with Gasteiger partial charge in [0, 0.05) is 17.0 Å². The summed E-state index contributed by atoms with van der Waals surface area (Å²) in [5.74, 6) is 0.253. The van der Waals surface area contributed by atoms with Gasteiger partial charge in [-0.05, 0) is 53.5 Å². The number of aryl methyl sites for hydroxylation is 1. The van der Waals surface area contributed by atoms with E-state index in [0.29, 0.717) is 36.6 Å². The van der Waals surface area contributed by atoms with Crippen LogP contribution in [-0.4, -0.2) is 19.3 Å². The monoisotopic (exact) mass is 562 g/mol. The fourth-order valence-corrected chi connectivity index (χ4v) is 6.58. The van der Waals surface area contributed by atoms with Crippen molar-refractivity contribution in [2.24, 2.45) is 0 Å². The van der Waals surface area contributed by atoms with Gasteiger partial charge in [0.1, 0.15) is 4.83 Å². The number of hydrogen-bond acceptors (Lipinski definition) is 6. The van der Waals surface area contributed by atoms with E-state index in [0.717, 1.165) is 45.5 Å². The fourth-order valence-electron chi connectivity index (χ4n) is 5.27. The zero-order chi connectivity index (χ0) is 27.9. The molecule has 1 saturated carbocycles. The van der Waals surface area contributed by atoms with E-state index in [-0.39, 0.29) is 11.2 Å². The van der Waals surface area contributed by atoms with Crippen LogP contribution in [0.5, 0.6) is 0 Å². The summed E-state index contributed by atoms with van der Waals surface area (Å²) in [6.07, 6.45) is 2.86. The van der Waals surface area contributed by atoms with Gasteiger partial charge in [-0.3, -0.25) is 23.4 Å². The average molecular weight is 563 g/mol. The summed E-state index contributed by atoms with van der Waals surface area (Å²) in [5, 5.41) is 4.47. The minimum atomic E-state index is -0.606. The molecule has 3 aromatic carbocycles. The summed E-state index contributed by atoms with van der Waals surface area (Å²) in [5.41, 5.74) is 4.11. The van der Waals surface area contributed by atoms with E-state index >= 15 is 0 Å². The Balaban J connectivity index is 1.25. The van der Waals surface area contributed by atoms with Crippen LogP contribution >= 0.6 is 11.3 Å². The van der Waals surface area contributed by atoms with Crippen LogP contribution in [0, 0.1) is 0 Å². The van der Waals surface area contributed by atoms with Crippen LogP contribution in [0.2, 0.25) is 0 Å².